The van der Waals surface area contributed by atoms with Crippen molar-refractivity contribution in [2.75, 3.05) is 26.8 Å². The zero-order valence-corrected chi connectivity index (χ0v) is 16.1. The van der Waals surface area contributed by atoms with Crippen molar-refractivity contribution in [1.82, 2.24) is 10.6 Å². The van der Waals surface area contributed by atoms with Crippen LogP contribution in [0.5, 0.6) is 5.75 Å². The predicted octanol–water partition coefficient (Wildman–Crippen LogP) is 1.62. The average molecular weight is 386 g/mol. The van der Waals surface area contributed by atoms with Crippen LogP contribution >= 0.6 is 0 Å². The third-order valence-electron chi connectivity index (χ3n) is 4.13. The standard InChI is InChI=1S/C21H26N2O5/c1-3-28-19(14-23-21(26)16-11-7-8-12-18(16)27-2)17(24)13-22-20(25)15-9-5-4-6-10-15/h4-12,17,19,24H,3,13-14H2,1-2H3,(H,22,25)(H,23,26)/t17-,19+/m0/s1. The van der Waals surface area contributed by atoms with Gasteiger partial charge < -0.3 is 25.2 Å². The van der Waals surface area contributed by atoms with Gasteiger partial charge in [-0.25, -0.2) is 0 Å². The van der Waals surface area contributed by atoms with Gasteiger partial charge in [-0.15, -0.1) is 0 Å². The third kappa shape index (κ3) is 6.07. The molecule has 7 heteroatoms. The van der Waals surface area contributed by atoms with Crippen molar-refractivity contribution in [3.63, 3.8) is 0 Å². The molecule has 2 rings (SSSR count). The maximum absolute atomic E-state index is 12.4. The Balaban J connectivity index is 1.90. The summed E-state index contributed by atoms with van der Waals surface area (Å²) < 4.78 is 10.7. The molecular weight excluding hydrogens is 360 g/mol. The maximum atomic E-state index is 12.4. The first-order valence-electron chi connectivity index (χ1n) is 9.11. The van der Waals surface area contributed by atoms with Gasteiger partial charge in [-0.2, -0.15) is 0 Å². The van der Waals surface area contributed by atoms with Gasteiger partial charge >= 0.3 is 0 Å². The molecule has 0 spiro atoms. The number of aliphatic hydroxyl groups excluding tert-OH is 1. The molecule has 0 radical (unpaired) electrons. The Kier molecular flexibility index (Phi) is 8.45. The average Bonchev–Trinajstić information content (AvgIpc) is 2.74. The minimum Gasteiger partial charge on any atom is -0.496 e. The van der Waals surface area contributed by atoms with Crippen LogP contribution in [0, 0.1) is 0 Å². The Morgan fingerprint density at radius 2 is 1.61 bits per heavy atom. The number of methoxy groups -OCH3 is 1. The van der Waals surface area contributed by atoms with E-state index in [0.29, 0.717) is 23.5 Å². The lowest BCUT2D eigenvalue weighted by Crippen LogP contribution is -2.46. The van der Waals surface area contributed by atoms with Crippen molar-refractivity contribution in [3.8, 4) is 5.75 Å². The fraction of sp³-hybridized carbons (Fsp3) is 0.333. The number of ether oxygens (including phenoxy) is 2. The van der Waals surface area contributed by atoms with Gasteiger partial charge in [0, 0.05) is 25.3 Å². The van der Waals surface area contributed by atoms with Gasteiger partial charge in [0.2, 0.25) is 0 Å². The number of rotatable bonds is 10. The summed E-state index contributed by atoms with van der Waals surface area (Å²) in [4.78, 5) is 24.5. The van der Waals surface area contributed by atoms with E-state index in [2.05, 4.69) is 10.6 Å². The predicted molar refractivity (Wildman–Crippen MR) is 106 cm³/mol. The Hall–Kier alpha value is -2.90. The minimum absolute atomic E-state index is 0.00290. The molecule has 2 aromatic rings. The quantitative estimate of drug-likeness (QED) is 0.577. The largest absolute Gasteiger partial charge is 0.496 e. The van der Waals surface area contributed by atoms with E-state index in [1.54, 1.807) is 55.5 Å². The minimum atomic E-state index is -0.981. The molecule has 28 heavy (non-hydrogen) atoms. The summed E-state index contributed by atoms with van der Waals surface area (Å²) in [5, 5.41) is 15.8. The number of carbonyl (C=O) groups is 2. The number of hydrogen-bond donors (Lipinski definition) is 3. The highest BCUT2D eigenvalue weighted by molar-refractivity contribution is 5.97. The normalized spacial score (nSPS) is 12.7. The maximum Gasteiger partial charge on any atom is 0.255 e. The van der Waals surface area contributed by atoms with E-state index in [9.17, 15) is 14.7 Å². The summed E-state index contributed by atoms with van der Waals surface area (Å²) in [5.41, 5.74) is 0.902. The van der Waals surface area contributed by atoms with Crippen molar-refractivity contribution >= 4 is 11.8 Å². The molecule has 2 atom stereocenters. The molecule has 2 amide bonds. The Bertz CT molecular complexity index is 766. The third-order valence-corrected chi connectivity index (χ3v) is 4.13. The van der Waals surface area contributed by atoms with Crippen molar-refractivity contribution in [3.05, 3.63) is 65.7 Å². The summed E-state index contributed by atoms with van der Waals surface area (Å²) in [6, 6.07) is 15.6. The summed E-state index contributed by atoms with van der Waals surface area (Å²) in [6.45, 7) is 2.25. The Morgan fingerprint density at radius 1 is 0.964 bits per heavy atom. The second-order valence-corrected chi connectivity index (χ2v) is 6.05. The first kappa shape index (κ1) is 21.4. The van der Waals surface area contributed by atoms with Gasteiger partial charge in [-0.05, 0) is 31.2 Å². The number of nitrogens with one attached hydrogen (secondary N) is 2. The SMILES string of the molecule is CCO[C@H](CNC(=O)c1ccccc1OC)[C@@H](O)CNC(=O)c1ccccc1. The first-order chi connectivity index (χ1) is 13.6. The first-order valence-corrected chi connectivity index (χ1v) is 9.11. The summed E-state index contributed by atoms with van der Waals surface area (Å²) in [5.74, 6) is -0.153. The molecule has 3 N–H and O–H groups in total. The van der Waals surface area contributed by atoms with Crippen LogP contribution in [0.3, 0.4) is 0 Å². The van der Waals surface area contributed by atoms with Crippen LogP contribution in [0.15, 0.2) is 54.6 Å². The van der Waals surface area contributed by atoms with E-state index in [4.69, 9.17) is 9.47 Å². The Morgan fingerprint density at radius 3 is 2.29 bits per heavy atom. The molecule has 0 aliphatic heterocycles. The second-order valence-electron chi connectivity index (χ2n) is 6.05. The topological polar surface area (TPSA) is 96.9 Å². The number of benzene rings is 2. The molecule has 0 saturated carbocycles. The molecule has 0 fully saturated rings. The van der Waals surface area contributed by atoms with E-state index >= 15 is 0 Å². The highest BCUT2D eigenvalue weighted by atomic mass is 16.5. The van der Waals surface area contributed by atoms with Crippen LogP contribution in [-0.4, -0.2) is 55.9 Å². The lowest BCUT2D eigenvalue weighted by molar-refractivity contribution is -0.0287. The molecule has 0 bridgehead atoms. The van der Waals surface area contributed by atoms with E-state index in [-0.39, 0.29) is 24.9 Å². The number of hydrogen-bond acceptors (Lipinski definition) is 5. The summed E-state index contributed by atoms with van der Waals surface area (Å²) >= 11 is 0. The van der Waals surface area contributed by atoms with Gasteiger partial charge in [-0.1, -0.05) is 30.3 Å². The van der Waals surface area contributed by atoms with E-state index in [1.807, 2.05) is 6.07 Å². The van der Waals surface area contributed by atoms with E-state index in [0.717, 1.165) is 0 Å². The van der Waals surface area contributed by atoms with Crippen LogP contribution in [0.2, 0.25) is 0 Å². The van der Waals surface area contributed by atoms with Crippen molar-refractivity contribution in [2.45, 2.75) is 19.1 Å². The lowest BCUT2D eigenvalue weighted by Gasteiger charge is -2.23. The van der Waals surface area contributed by atoms with Crippen LogP contribution in [0.25, 0.3) is 0 Å². The zero-order chi connectivity index (χ0) is 20.4. The van der Waals surface area contributed by atoms with Gasteiger partial charge in [0.25, 0.3) is 11.8 Å². The highest BCUT2D eigenvalue weighted by Crippen LogP contribution is 2.16. The fourth-order valence-electron chi connectivity index (χ4n) is 2.66. The molecule has 0 heterocycles. The van der Waals surface area contributed by atoms with E-state index < -0.39 is 12.2 Å². The summed E-state index contributed by atoms with van der Waals surface area (Å²) in [6.07, 6.45) is -1.65. The molecule has 150 valence electrons. The van der Waals surface area contributed by atoms with Crippen LogP contribution in [0.4, 0.5) is 0 Å². The van der Waals surface area contributed by atoms with Gasteiger partial charge in [-0.3, -0.25) is 9.59 Å². The lowest BCUT2D eigenvalue weighted by atomic mass is 10.1. The molecular formula is C21H26N2O5. The number of para-hydroxylation sites is 1. The molecule has 0 saturated heterocycles. The molecule has 7 nitrogen and oxygen atoms in total. The zero-order valence-electron chi connectivity index (χ0n) is 16.1. The Labute approximate surface area is 164 Å². The van der Waals surface area contributed by atoms with Crippen LogP contribution in [0.1, 0.15) is 27.6 Å². The smallest absolute Gasteiger partial charge is 0.255 e. The molecule has 0 aliphatic rings. The molecule has 0 unspecified atom stereocenters. The second kappa shape index (κ2) is 11.1. The fourth-order valence-corrected chi connectivity index (χ4v) is 2.66. The number of carbonyl (C=O) groups excluding carboxylic acids is 2. The number of aliphatic hydroxyl groups is 1. The highest BCUT2D eigenvalue weighted by Gasteiger charge is 2.22. The van der Waals surface area contributed by atoms with Crippen LogP contribution in [-0.2, 0) is 4.74 Å². The van der Waals surface area contributed by atoms with Crippen LogP contribution < -0.4 is 15.4 Å². The van der Waals surface area contributed by atoms with Gasteiger partial charge in [0.15, 0.2) is 0 Å². The van der Waals surface area contributed by atoms with Gasteiger partial charge in [0.1, 0.15) is 11.9 Å². The van der Waals surface area contributed by atoms with Crippen molar-refractivity contribution < 1.29 is 24.2 Å². The van der Waals surface area contributed by atoms with E-state index in [1.165, 1.54) is 7.11 Å². The van der Waals surface area contributed by atoms with Crippen molar-refractivity contribution in [1.29, 1.82) is 0 Å². The van der Waals surface area contributed by atoms with Crippen molar-refractivity contribution in [2.24, 2.45) is 0 Å². The molecule has 0 aromatic heterocycles. The molecule has 2 aromatic carbocycles. The number of amides is 2. The monoisotopic (exact) mass is 386 g/mol. The summed E-state index contributed by atoms with van der Waals surface area (Å²) in [7, 11) is 1.49. The van der Waals surface area contributed by atoms with Gasteiger partial charge in [0.05, 0.1) is 18.8 Å². The molecule has 0 aliphatic carbocycles.